The van der Waals surface area contributed by atoms with Crippen LogP contribution in [0.4, 0.5) is 18.9 Å². The molecule has 5 heteroatoms. The van der Waals surface area contributed by atoms with E-state index in [0.29, 0.717) is 17.0 Å². The van der Waals surface area contributed by atoms with Gasteiger partial charge in [0, 0.05) is 11.3 Å². The van der Waals surface area contributed by atoms with E-state index in [9.17, 15) is 13.2 Å². The molecule has 0 aliphatic rings. The van der Waals surface area contributed by atoms with Gasteiger partial charge in [0.2, 0.25) is 0 Å². The van der Waals surface area contributed by atoms with Crippen LogP contribution in [0.15, 0.2) is 54.6 Å². The Kier molecular flexibility index (Phi) is 4.73. The fraction of sp³-hybridized carbons (Fsp3) is 0.250. The standard InChI is InChI=1S/C16H16F3NO/c1-21-15-10-6-5-9-13(15)14(11-16(17,18)19)20-12-7-3-2-4-8-12/h2-10,14,20H,11H2,1H3. The molecule has 0 saturated carbocycles. The van der Waals surface area contributed by atoms with Gasteiger partial charge in [0.15, 0.2) is 0 Å². The second-order valence-electron chi connectivity index (χ2n) is 4.62. The van der Waals surface area contributed by atoms with Crippen molar-refractivity contribution in [2.24, 2.45) is 0 Å². The second-order valence-corrected chi connectivity index (χ2v) is 4.62. The van der Waals surface area contributed by atoms with Crippen molar-refractivity contribution in [3.05, 3.63) is 60.2 Å². The van der Waals surface area contributed by atoms with Crippen molar-refractivity contribution in [2.75, 3.05) is 12.4 Å². The van der Waals surface area contributed by atoms with E-state index in [1.165, 1.54) is 7.11 Å². The SMILES string of the molecule is COc1ccccc1C(CC(F)(F)F)Nc1ccccc1. The molecule has 0 spiro atoms. The minimum Gasteiger partial charge on any atom is -0.496 e. The second kappa shape index (κ2) is 6.52. The molecule has 1 atom stereocenters. The molecule has 21 heavy (non-hydrogen) atoms. The number of methoxy groups -OCH3 is 1. The summed E-state index contributed by atoms with van der Waals surface area (Å²) in [6, 6.07) is 14.7. The lowest BCUT2D eigenvalue weighted by molar-refractivity contribution is -0.137. The van der Waals surface area contributed by atoms with Crippen molar-refractivity contribution in [1.82, 2.24) is 0 Å². The molecule has 2 aromatic carbocycles. The van der Waals surface area contributed by atoms with Crippen LogP contribution in [0.25, 0.3) is 0 Å². The van der Waals surface area contributed by atoms with Crippen molar-refractivity contribution < 1.29 is 17.9 Å². The molecule has 0 radical (unpaired) electrons. The summed E-state index contributed by atoms with van der Waals surface area (Å²) in [5, 5.41) is 2.93. The highest BCUT2D eigenvalue weighted by molar-refractivity contribution is 5.47. The average molecular weight is 295 g/mol. The number of anilines is 1. The first-order chi connectivity index (χ1) is 9.99. The molecular weight excluding hydrogens is 279 g/mol. The maximum absolute atomic E-state index is 12.8. The number of para-hydroxylation sites is 2. The number of rotatable bonds is 5. The van der Waals surface area contributed by atoms with Crippen LogP contribution in [0.5, 0.6) is 5.75 Å². The van der Waals surface area contributed by atoms with E-state index in [1.54, 1.807) is 48.5 Å². The van der Waals surface area contributed by atoms with E-state index in [-0.39, 0.29) is 0 Å². The van der Waals surface area contributed by atoms with Gasteiger partial charge in [-0.05, 0) is 18.2 Å². The van der Waals surface area contributed by atoms with Crippen molar-refractivity contribution in [3.8, 4) is 5.75 Å². The molecule has 1 N–H and O–H groups in total. The Morgan fingerprint density at radius 1 is 1.00 bits per heavy atom. The normalized spacial score (nSPS) is 12.8. The molecule has 2 nitrogen and oxygen atoms in total. The summed E-state index contributed by atoms with van der Waals surface area (Å²) >= 11 is 0. The Morgan fingerprint density at radius 3 is 2.24 bits per heavy atom. The molecule has 0 aromatic heterocycles. The Balaban J connectivity index is 2.31. The van der Waals surface area contributed by atoms with Gasteiger partial charge in [-0.3, -0.25) is 0 Å². The van der Waals surface area contributed by atoms with Gasteiger partial charge in [0.05, 0.1) is 19.6 Å². The zero-order chi connectivity index (χ0) is 15.3. The number of benzene rings is 2. The minimum absolute atomic E-state index is 0.440. The zero-order valence-electron chi connectivity index (χ0n) is 11.5. The number of hydrogen-bond acceptors (Lipinski definition) is 2. The quantitative estimate of drug-likeness (QED) is 0.855. The van der Waals surface area contributed by atoms with E-state index in [4.69, 9.17) is 4.74 Å². The van der Waals surface area contributed by atoms with Gasteiger partial charge in [-0.2, -0.15) is 13.2 Å². The maximum Gasteiger partial charge on any atom is 0.391 e. The van der Waals surface area contributed by atoms with Crippen LogP contribution in [0.3, 0.4) is 0 Å². The van der Waals surface area contributed by atoms with E-state index >= 15 is 0 Å². The lowest BCUT2D eigenvalue weighted by atomic mass is 10.0. The summed E-state index contributed by atoms with van der Waals surface area (Å²) in [6.45, 7) is 0. The first kappa shape index (κ1) is 15.2. The van der Waals surface area contributed by atoms with Gasteiger partial charge in [0.1, 0.15) is 5.75 Å². The van der Waals surface area contributed by atoms with E-state index in [2.05, 4.69) is 5.32 Å². The molecule has 1 unspecified atom stereocenters. The molecular formula is C16H16F3NO. The molecule has 2 aromatic rings. The Labute approximate surface area is 121 Å². The van der Waals surface area contributed by atoms with E-state index < -0.39 is 18.6 Å². The summed E-state index contributed by atoms with van der Waals surface area (Å²) in [7, 11) is 1.45. The average Bonchev–Trinajstić information content (AvgIpc) is 2.46. The predicted octanol–water partition coefficient (Wildman–Crippen LogP) is 4.80. The van der Waals surface area contributed by atoms with Gasteiger partial charge in [-0.1, -0.05) is 36.4 Å². The van der Waals surface area contributed by atoms with Gasteiger partial charge in [-0.15, -0.1) is 0 Å². The van der Waals surface area contributed by atoms with Crippen LogP contribution in [-0.4, -0.2) is 13.3 Å². The Bertz CT molecular complexity index is 569. The first-order valence-corrected chi connectivity index (χ1v) is 6.51. The van der Waals surface area contributed by atoms with Crippen LogP contribution in [0, 0.1) is 0 Å². The molecule has 112 valence electrons. The predicted molar refractivity (Wildman–Crippen MR) is 76.5 cm³/mol. The van der Waals surface area contributed by atoms with Crippen LogP contribution in [0.1, 0.15) is 18.0 Å². The highest BCUT2D eigenvalue weighted by Gasteiger charge is 2.33. The fourth-order valence-corrected chi connectivity index (χ4v) is 2.16. The third kappa shape index (κ3) is 4.41. The number of hydrogen-bond donors (Lipinski definition) is 1. The van der Waals surface area contributed by atoms with Crippen molar-refractivity contribution >= 4 is 5.69 Å². The number of halogens is 3. The van der Waals surface area contributed by atoms with E-state index in [0.717, 1.165) is 0 Å². The third-order valence-electron chi connectivity index (χ3n) is 3.06. The molecule has 0 aliphatic heterocycles. The number of alkyl halides is 3. The largest absolute Gasteiger partial charge is 0.496 e. The number of nitrogens with one attached hydrogen (secondary N) is 1. The molecule has 0 heterocycles. The monoisotopic (exact) mass is 295 g/mol. The molecule has 0 fully saturated rings. The smallest absolute Gasteiger partial charge is 0.391 e. The van der Waals surface area contributed by atoms with Gasteiger partial charge in [-0.25, -0.2) is 0 Å². The summed E-state index contributed by atoms with van der Waals surface area (Å²) in [4.78, 5) is 0. The summed E-state index contributed by atoms with van der Waals surface area (Å²) < 4.78 is 43.7. The third-order valence-corrected chi connectivity index (χ3v) is 3.06. The Hall–Kier alpha value is -2.17. The molecule has 0 saturated heterocycles. The van der Waals surface area contributed by atoms with Crippen LogP contribution >= 0.6 is 0 Å². The van der Waals surface area contributed by atoms with E-state index in [1.807, 2.05) is 6.07 Å². The van der Waals surface area contributed by atoms with Crippen LogP contribution in [0.2, 0.25) is 0 Å². The molecule has 2 rings (SSSR count). The summed E-state index contributed by atoms with van der Waals surface area (Å²) in [5.41, 5.74) is 1.12. The summed E-state index contributed by atoms with van der Waals surface area (Å²) in [5.74, 6) is 0.440. The van der Waals surface area contributed by atoms with Crippen molar-refractivity contribution in [2.45, 2.75) is 18.6 Å². The fourth-order valence-electron chi connectivity index (χ4n) is 2.16. The highest BCUT2D eigenvalue weighted by atomic mass is 19.4. The first-order valence-electron chi connectivity index (χ1n) is 6.51. The van der Waals surface area contributed by atoms with Gasteiger partial charge >= 0.3 is 6.18 Å². The topological polar surface area (TPSA) is 21.3 Å². The molecule has 0 bridgehead atoms. The number of ether oxygens (including phenoxy) is 1. The van der Waals surface area contributed by atoms with Crippen LogP contribution < -0.4 is 10.1 Å². The molecule has 0 amide bonds. The maximum atomic E-state index is 12.8. The lowest BCUT2D eigenvalue weighted by Gasteiger charge is -2.23. The zero-order valence-corrected chi connectivity index (χ0v) is 11.5. The Morgan fingerprint density at radius 2 is 1.62 bits per heavy atom. The van der Waals surface area contributed by atoms with Crippen LogP contribution in [-0.2, 0) is 0 Å². The lowest BCUT2D eigenvalue weighted by Crippen LogP contribution is -2.20. The highest BCUT2D eigenvalue weighted by Crippen LogP contribution is 2.36. The molecule has 0 aliphatic carbocycles. The van der Waals surface area contributed by atoms with Gasteiger partial charge in [0.25, 0.3) is 0 Å². The summed E-state index contributed by atoms with van der Waals surface area (Å²) in [6.07, 6.45) is -5.24. The van der Waals surface area contributed by atoms with Gasteiger partial charge < -0.3 is 10.1 Å². The van der Waals surface area contributed by atoms with Crippen molar-refractivity contribution in [3.63, 3.8) is 0 Å². The minimum atomic E-state index is -4.27. The van der Waals surface area contributed by atoms with Crippen molar-refractivity contribution in [1.29, 1.82) is 0 Å².